The van der Waals surface area contributed by atoms with Gasteiger partial charge in [-0.2, -0.15) is 4.98 Å². The number of benzene rings is 2. The van der Waals surface area contributed by atoms with Crippen LogP contribution in [-0.4, -0.2) is 51.3 Å². The molecule has 0 saturated carbocycles. The summed E-state index contributed by atoms with van der Waals surface area (Å²) in [6.45, 7) is 6.20. The molecular weight excluding hydrogens is 484 g/mol. The smallest absolute Gasteiger partial charge is 0.319 e. The van der Waals surface area contributed by atoms with Gasteiger partial charge >= 0.3 is 6.01 Å². The highest BCUT2D eigenvalue weighted by atomic mass is 16.5. The van der Waals surface area contributed by atoms with Gasteiger partial charge < -0.3 is 24.9 Å². The molecule has 0 spiro atoms. The molecule has 5 rings (SSSR count). The number of amides is 1. The van der Waals surface area contributed by atoms with Crippen molar-refractivity contribution < 1.29 is 19.4 Å². The molecule has 2 atom stereocenters. The summed E-state index contributed by atoms with van der Waals surface area (Å²) < 4.78 is 12.7. The van der Waals surface area contributed by atoms with Crippen molar-refractivity contribution in [3.8, 4) is 29.0 Å². The van der Waals surface area contributed by atoms with Crippen LogP contribution in [0.15, 0.2) is 48.7 Å². The van der Waals surface area contributed by atoms with Crippen LogP contribution in [0.5, 0.6) is 17.6 Å². The second kappa shape index (κ2) is 9.79. The van der Waals surface area contributed by atoms with E-state index < -0.39 is 6.04 Å². The first-order valence-corrected chi connectivity index (χ1v) is 12.3. The quantitative estimate of drug-likeness (QED) is 0.379. The minimum Gasteiger partial charge on any atom is -0.508 e. The number of hydrogen-bond donors (Lipinski definition) is 2. The van der Waals surface area contributed by atoms with Crippen molar-refractivity contribution >= 4 is 11.6 Å². The number of phenolic OH excluding ortho intramolecular Hbond substituents is 1. The van der Waals surface area contributed by atoms with E-state index in [9.17, 15) is 9.90 Å². The number of methoxy groups -OCH3 is 2. The summed E-state index contributed by atoms with van der Waals surface area (Å²) in [6.07, 6.45) is 1.57. The number of ether oxygens (including phenoxy) is 2. The normalized spacial score (nSPS) is 15.5. The number of nitrogens with zero attached hydrogens (tertiary/aromatic N) is 5. The molecule has 38 heavy (non-hydrogen) atoms. The Morgan fingerprint density at radius 2 is 1.82 bits per heavy atom. The maximum atomic E-state index is 14.1. The van der Waals surface area contributed by atoms with Gasteiger partial charge in [0.2, 0.25) is 5.88 Å². The lowest BCUT2D eigenvalue weighted by Gasteiger charge is -2.30. The molecule has 0 bridgehead atoms. The molecule has 1 aliphatic heterocycles. The molecular formula is C28H30N6O4. The molecule has 10 heteroatoms. The summed E-state index contributed by atoms with van der Waals surface area (Å²) in [5.41, 5.74) is 11.2. The van der Waals surface area contributed by atoms with Gasteiger partial charge in [0, 0.05) is 24.8 Å². The van der Waals surface area contributed by atoms with Crippen LogP contribution in [0.3, 0.4) is 0 Å². The number of hydrogen-bond acceptors (Lipinski definition) is 8. The molecule has 10 nitrogen and oxygen atoms in total. The van der Waals surface area contributed by atoms with Crippen molar-refractivity contribution in [1.29, 1.82) is 0 Å². The van der Waals surface area contributed by atoms with Crippen molar-refractivity contribution in [1.82, 2.24) is 19.5 Å². The summed E-state index contributed by atoms with van der Waals surface area (Å²) >= 11 is 0. The number of aromatic hydroxyl groups is 1. The third kappa shape index (κ3) is 4.03. The Balaban J connectivity index is 1.80. The fourth-order valence-corrected chi connectivity index (χ4v) is 4.88. The van der Waals surface area contributed by atoms with E-state index in [1.54, 1.807) is 29.3 Å². The van der Waals surface area contributed by atoms with E-state index in [0.29, 0.717) is 35.0 Å². The highest BCUT2D eigenvalue weighted by Gasteiger charge is 2.45. The van der Waals surface area contributed by atoms with Gasteiger partial charge in [0.05, 0.1) is 31.2 Å². The van der Waals surface area contributed by atoms with Crippen molar-refractivity contribution in [3.63, 3.8) is 0 Å². The van der Waals surface area contributed by atoms with Crippen LogP contribution in [0.2, 0.25) is 0 Å². The number of rotatable bonds is 7. The predicted molar refractivity (Wildman–Crippen MR) is 143 cm³/mol. The van der Waals surface area contributed by atoms with E-state index in [-0.39, 0.29) is 29.6 Å². The number of imidazole rings is 1. The summed E-state index contributed by atoms with van der Waals surface area (Å²) in [4.78, 5) is 29.3. The van der Waals surface area contributed by atoms with Crippen LogP contribution in [0.4, 0.5) is 5.69 Å². The highest BCUT2D eigenvalue weighted by Crippen LogP contribution is 2.46. The molecule has 0 radical (unpaired) electrons. The summed E-state index contributed by atoms with van der Waals surface area (Å²) in [6, 6.07) is 12.5. The second-order valence-corrected chi connectivity index (χ2v) is 9.36. The van der Waals surface area contributed by atoms with Crippen molar-refractivity contribution in [2.45, 2.75) is 32.9 Å². The van der Waals surface area contributed by atoms with Crippen molar-refractivity contribution in [2.75, 3.05) is 25.7 Å². The molecule has 1 aliphatic rings. The van der Waals surface area contributed by atoms with Gasteiger partial charge in [-0.3, -0.25) is 9.69 Å². The second-order valence-electron chi connectivity index (χ2n) is 9.36. The standard InChI is InChI=1S/C28H30N6O4/c1-15-6-9-18(10-7-15)23-24-22(27(36)34(23)21-12-19(35)11-8-16(21)2)31-25(33(24)17(3)13-29)20-14-30-28(38-5)32-26(20)37-4/h6-12,14,17,23,35H,13,29H2,1-5H3. The first kappa shape index (κ1) is 25.2. The lowest BCUT2D eigenvalue weighted by molar-refractivity contribution is 0.0989. The molecule has 1 amide bonds. The van der Waals surface area contributed by atoms with Crippen LogP contribution in [0.25, 0.3) is 11.4 Å². The number of carbonyl (C=O) groups excluding carboxylic acids is 1. The van der Waals surface area contributed by atoms with Gasteiger partial charge in [-0.1, -0.05) is 35.9 Å². The molecule has 196 valence electrons. The van der Waals surface area contributed by atoms with E-state index in [4.69, 9.17) is 20.2 Å². The van der Waals surface area contributed by atoms with Gasteiger partial charge in [-0.05, 0) is 38.0 Å². The Kier molecular flexibility index (Phi) is 6.50. The van der Waals surface area contributed by atoms with Crippen LogP contribution in [-0.2, 0) is 0 Å². The van der Waals surface area contributed by atoms with Crippen LogP contribution < -0.4 is 20.1 Å². The molecule has 3 heterocycles. The average molecular weight is 515 g/mol. The van der Waals surface area contributed by atoms with E-state index in [1.807, 2.05) is 49.6 Å². The fraction of sp³-hybridized carbons (Fsp3) is 0.286. The van der Waals surface area contributed by atoms with E-state index in [1.165, 1.54) is 14.2 Å². The molecule has 2 aromatic heterocycles. The molecule has 2 aromatic carbocycles. The van der Waals surface area contributed by atoms with Gasteiger partial charge in [-0.15, -0.1) is 0 Å². The van der Waals surface area contributed by atoms with Crippen LogP contribution >= 0.6 is 0 Å². The lowest BCUT2D eigenvalue weighted by atomic mass is 10.0. The first-order valence-electron chi connectivity index (χ1n) is 12.3. The topological polar surface area (TPSA) is 129 Å². The zero-order valence-corrected chi connectivity index (χ0v) is 22.0. The number of aryl methyl sites for hydroxylation is 2. The Bertz CT molecular complexity index is 1510. The summed E-state index contributed by atoms with van der Waals surface area (Å²) in [7, 11) is 2.98. The number of fused-ring (bicyclic) bond motifs is 1. The molecule has 0 fully saturated rings. The maximum absolute atomic E-state index is 14.1. The molecule has 0 aliphatic carbocycles. The number of carbonyl (C=O) groups is 1. The number of aromatic nitrogens is 4. The minimum absolute atomic E-state index is 0.0737. The zero-order chi connectivity index (χ0) is 27.1. The third-order valence-electron chi connectivity index (χ3n) is 6.86. The number of phenols is 1. The molecule has 4 aromatic rings. The number of nitrogens with two attached hydrogens (primary N) is 1. The van der Waals surface area contributed by atoms with E-state index in [0.717, 1.165) is 16.7 Å². The van der Waals surface area contributed by atoms with Crippen LogP contribution in [0, 0.1) is 13.8 Å². The Morgan fingerprint density at radius 1 is 1.08 bits per heavy atom. The van der Waals surface area contributed by atoms with E-state index in [2.05, 4.69) is 9.97 Å². The predicted octanol–water partition coefficient (Wildman–Crippen LogP) is 3.95. The maximum Gasteiger partial charge on any atom is 0.319 e. The fourth-order valence-electron chi connectivity index (χ4n) is 4.88. The Hall–Kier alpha value is -4.44. The Morgan fingerprint density at radius 3 is 2.47 bits per heavy atom. The van der Waals surface area contributed by atoms with Crippen molar-refractivity contribution in [3.05, 3.63) is 76.7 Å². The summed E-state index contributed by atoms with van der Waals surface area (Å²) in [5, 5.41) is 10.3. The molecule has 3 N–H and O–H groups in total. The zero-order valence-electron chi connectivity index (χ0n) is 22.0. The minimum atomic E-state index is -0.515. The Labute approximate surface area is 220 Å². The van der Waals surface area contributed by atoms with Gasteiger partial charge in [0.1, 0.15) is 17.6 Å². The van der Waals surface area contributed by atoms with Gasteiger partial charge in [0.25, 0.3) is 5.91 Å². The average Bonchev–Trinajstić information content (AvgIpc) is 3.44. The molecule has 0 saturated heterocycles. The monoisotopic (exact) mass is 514 g/mol. The van der Waals surface area contributed by atoms with E-state index >= 15 is 0 Å². The van der Waals surface area contributed by atoms with Crippen LogP contribution in [0.1, 0.15) is 51.9 Å². The van der Waals surface area contributed by atoms with Gasteiger partial charge in [0.15, 0.2) is 5.69 Å². The van der Waals surface area contributed by atoms with Gasteiger partial charge in [-0.25, -0.2) is 9.97 Å². The lowest BCUT2D eigenvalue weighted by Crippen LogP contribution is -2.31. The third-order valence-corrected chi connectivity index (χ3v) is 6.86. The number of anilines is 1. The van der Waals surface area contributed by atoms with Crippen molar-refractivity contribution in [2.24, 2.45) is 5.73 Å². The molecule has 2 unspecified atom stereocenters. The highest BCUT2D eigenvalue weighted by molar-refractivity contribution is 6.11. The summed E-state index contributed by atoms with van der Waals surface area (Å²) in [5.74, 6) is 0.540. The largest absolute Gasteiger partial charge is 0.508 e. The first-order chi connectivity index (χ1) is 18.3. The SMILES string of the molecule is COc1ncc(-c2nc3c(n2C(C)CN)C(c2ccc(C)cc2)N(c2cc(O)ccc2C)C3=O)c(OC)n1.